The van der Waals surface area contributed by atoms with Crippen LogP contribution in [0.2, 0.25) is 0 Å². The monoisotopic (exact) mass is 918 g/mol. The second kappa shape index (κ2) is 18.9. The van der Waals surface area contributed by atoms with E-state index in [0.717, 1.165) is 105 Å². The summed E-state index contributed by atoms with van der Waals surface area (Å²) in [5, 5.41) is 15.4. The average molecular weight is 919 g/mol. The number of Topliss-reactive ketones (excluding diaryl/α,β-unsaturated/α-hetero) is 1. The Morgan fingerprint density at radius 1 is 0.902 bits per heavy atom. The summed E-state index contributed by atoms with van der Waals surface area (Å²) >= 11 is 14.1. The highest BCUT2D eigenvalue weighted by Gasteiger charge is 2.35. The molecule has 7 rings (SSSR count). The zero-order valence-corrected chi connectivity index (χ0v) is 37.6. The Labute approximate surface area is 372 Å². The van der Waals surface area contributed by atoms with E-state index in [0.29, 0.717) is 37.8 Å². The number of benzene rings is 2. The molecule has 0 aliphatic carbocycles. The smallest absolute Gasteiger partial charge is 0.323 e. The van der Waals surface area contributed by atoms with Crippen molar-refractivity contribution in [2.75, 3.05) is 25.0 Å². The number of ether oxygens (including phenoxy) is 1. The fourth-order valence-electron chi connectivity index (χ4n) is 7.59. The molecule has 318 valence electrons. The maximum atomic E-state index is 13.8. The number of fused-ring (bicyclic) bond motifs is 2. The predicted molar refractivity (Wildman–Crippen MR) is 247 cm³/mol. The number of aliphatic carboxylic acids is 1. The predicted octanol–water partition coefficient (Wildman–Crippen LogP) is 2.01. The highest BCUT2D eigenvalue weighted by atomic mass is 32.2. The SMILES string of the molecule is CCCCCCN1c2ccc(/C=c3/s/c(=C4/NC(=S)C(NC)C4=O)n(CC(=O)O)c3=O)cc2CCc2cc(/C=c3/s/c(=C4/SC(=S)N(CC)C4=O)n(COC=O)c3=O)ccc21. The van der Waals surface area contributed by atoms with Crippen molar-refractivity contribution in [3.05, 3.63) is 97.7 Å². The highest BCUT2D eigenvalue weighted by Crippen LogP contribution is 2.38. The number of amides is 1. The van der Waals surface area contributed by atoms with Crippen LogP contribution in [0.5, 0.6) is 0 Å². The number of carbonyl (C=O) groups is 4. The third-order valence-electron chi connectivity index (χ3n) is 10.5. The van der Waals surface area contributed by atoms with Crippen molar-refractivity contribution >= 4 is 126 Å². The van der Waals surface area contributed by atoms with E-state index in [4.69, 9.17) is 29.2 Å². The fraction of sp³-hybridized carbons (Fsp3) is 0.333. The van der Waals surface area contributed by atoms with Gasteiger partial charge in [0.25, 0.3) is 23.5 Å². The van der Waals surface area contributed by atoms with Crippen LogP contribution in [0.25, 0.3) is 22.8 Å². The lowest BCUT2D eigenvalue weighted by Crippen LogP contribution is -2.37. The Kier molecular flexibility index (Phi) is 13.7. The number of anilines is 2. The Morgan fingerprint density at radius 2 is 1.52 bits per heavy atom. The molecule has 3 N–H and O–H groups in total. The van der Waals surface area contributed by atoms with Gasteiger partial charge < -0.3 is 25.4 Å². The number of likely N-dealkylation sites (N-methyl/N-ethyl adjacent to an activating group) is 1. The van der Waals surface area contributed by atoms with Gasteiger partial charge in [-0.05, 0) is 91.9 Å². The number of hydrogen-bond acceptors (Lipinski definition) is 14. The van der Waals surface area contributed by atoms with Gasteiger partial charge in [-0.3, -0.25) is 42.8 Å². The van der Waals surface area contributed by atoms with Crippen LogP contribution in [0.1, 0.15) is 61.8 Å². The zero-order chi connectivity index (χ0) is 43.5. The molecule has 0 radical (unpaired) electrons. The molecule has 14 nitrogen and oxygen atoms in total. The zero-order valence-electron chi connectivity index (χ0n) is 33.5. The van der Waals surface area contributed by atoms with Gasteiger partial charge in [0.2, 0.25) is 5.78 Å². The number of carbonyl (C=O) groups excluding carboxylic acids is 3. The largest absolute Gasteiger partial charge is 0.480 e. The van der Waals surface area contributed by atoms with Crippen molar-refractivity contribution in [1.29, 1.82) is 0 Å². The van der Waals surface area contributed by atoms with Crippen molar-refractivity contribution in [3.63, 3.8) is 0 Å². The lowest BCUT2D eigenvalue weighted by atomic mass is 10.0. The maximum absolute atomic E-state index is 13.8. The standard InChI is InChI=1S/C42H42N6O8S5/c1-4-6-7-8-15-46-27-13-9-23(18-29-37(53)47(20-31(50)51)40(59-29)33-34(52)32(43-3)36(57)44-33)16-25(27)11-12-26-17-24(10-14-28(26)46)19-30-38(54)48(21-56-22-49)41(60-30)35-39(55)45(5-2)42(58)61-35/h9-10,13-14,16-19,22,32,43H,4-8,11-12,15,20-21H2,1-3H3,(H,44,57)(H,50,51)/b29-18+,30-19+,40-33+,41-35+. The lowest BCUT2D eigenvalue weighted by molar-refractivity contribution is -0.138. The molecule has 0 spiro atoms. The number of nitrogens with one attached hydrogen (secondary N) is 2. The average Bonchev–Trinajstić information content (AvgIpc) is 3.87. The number of thioether (sulfide) groups is 1. The first-order chi connectivity index (χ1) is 29.4. The minimum Gasteiger partial charge on any atom is -0.480 e. The Bertz CT molecular complexity index is 2880. The number of carboxylic acids is 1. The third-order valence-corrected chi connectivity index (χ3v) is 14.7. The molecule has 1 amide bonds. The van der Waals surface area contributed by atoms with Gasteiger partial charge in [0.1, 0.15) is 41.8 Å². The van der Waals surface area contributed by atoms with Gasteiger partial charge >= 0.3 is 5.97 Å². The molecular formula is C42H42N6O8S5. The number of thiazole rings is 2. The number of thiocarbonyl (C=S) groups is 2. The van der Waals surface area contributed by atoms with E-state index in [9.17, 15) is 33.9 Å². The summed E-state index contributed by atoms with van der Waals surface area (Å²) in [6.45, 7) is 4.45. The summed E-state index contributed by atoms with van der Waals surface area (Å²) in [6, 6.07) is 11.4. The van der Waals surface area contributed by atoms with Crippen molar-refractivity contribution in [2.45, 2.75) is 71.7 Å². The molecular weight excluding hydrogens is 877 g/mol. The number of hydrogen-bond donors (Lipinski definition) is 3. The molecule has 2 aromatic carbocycles. The van der Waals surface area contributed by atoms with E-state index < -0.39 is 29.7 Å². The van der Waals surface area contributed by atoms with Crippen molar-refractivity contribution in [1.82, 2.24) is 24.7 Å². The Morgan fingerprint density at radius 3 is 2.07 bits per heavy atom. The molecule has 0 saturated carbocycles. The molecule has 1 atom stereocenters. The van der Waals surface area contributed by atoms with Gasteiger partial charge in [-0.2, -0.15) is 0 Å². The van der Waals surface area contributed by atoms with E-state index in [-0.39, 0.29) is 44.8 Å². The molecule has 0 bridgehead atoms. The van der Waals surface area contributed by atoms with Crippen LogP contribution in [0.4, 0.5) is 11.4 Å². The quantitative estimate of drug-likeness (QED) is 0.0954. The van der Waals surface area contributed by atoms with E-state index >= 15 is 0 Å². The Balaban J connectivity index is 1.28. The number of nitrogens with zero attached hydrogens (tertiary/aromatic N) is 4. The van der Waals surface area contributed by atoms with Crippen LogP contribution in [-0.2, 0) is 50.0 Å². The Hall–Kier alpha value is -5.05. The first-order valence-electron chi connectivity index (χ1n) is 19.7. The van der Waals surface area contributed by atoms with E-state index in [2.05, 4.69) is 40.7 Å². The molecule has 3 aliphatic rings. The number of carboxylic acid groups (broad SMARTS) is 1. The highest BCUT2D eigenvalue weighted by molar-refractivity contribution is 8.30. The van der Waals surface area contributed by atoms with Gasteiger partial charge in [-0.15, -0.1) is 22.7 Å². The molecule has 19 heteroatoms. The summed E-state index contributed by atoms with van der Waals surface area (Å²) < 4.78 is 8.99. The molecule has 61 heavy (non-hydrogen) atoms. The van der Waals surface area contributed by atoms with Crippen LogP contribution in [0.3, 0.4) is 0 Å². The molecule has 3 aliphatic heterocycles. The first kappa shape index (κ1) is 44.0. The summed E-state index contributed by atoms with van der Waals surface area (Å²) in [6.07, 6.45) is 9.10. The van der Waals surface area contributed by atoms with Crippen LogP contribution >= 0.6 is 58.9 Å². The molecule has 2 aromatic heterocycles. The number of unbranched alkanes of at least 4 members (excludes halogenated alkanes) is 3. The van der Waals surface area contributed by atoms with Gasteiger partial charge in [0, 0.05) is 24.5 Å². The normalized spacial score (nSPS) is 18.8. The molecule has 4 aromatic rings. The minimum atomic E-state index is -1.22. The molecule has 2 fully saturated rings. The van der Waals surface area contributed by atoms with Gasteiger partial charge in [-0.25, -0.2) is 0 Å². The van der Waals surface area contributed by atoms with Crippen molar-refractivity contribution in [3.8, 4) is 0 Å². The topological polar surface area (TPSA) is 172 Å². The van der Waals surface area contributed by atoms with Crippen molar-refractivity contribution in [2.24, 2.45) is 0 Å². The van der Waals surface area contributed by atoms with Crippen LogP contribution < -0.4 is 45.0 Å². The van der Waals surface area contributed by atoms with Crippen LogP contribution in [0, 0.1) is 0 Å². The number of rotatable bonds is 14. The van der Waals surface area contributed by atoms with Crippen molar-refractivity contribution < 1.29 is 29.0 Å². The molecule has 2 saturated heterocycles. The second-order valence-corrected chi connectivity index (χ2v) is 18.6. The van der Waals surface area contributed by atoms with Crippen LogP contribution in [0.15, 0.2) is 46.0 Å². The number of aromatic nitrogens is 2. The summed E-state index contributed by atoms with van der Waals surface area (Å²) in [5.41, 5.74) is 4.95. The van der Waals surface area contributed by atoms with E-state index in [1.54, 1.807) is 19.2 Å². The first-order valence-corrected chi connectivity index (χ1v) is 22.9. The maximum Gasteiger partial charge on any atom is 0.323 e. The summed E-state index contributed by atoms with van der Waals surface area (Å²) in [5.74, 6) is -1.88. The fourth-order valence-corrected chi connectivity index (χ4v) is 11.7. The van der Waals surface area contributed by atoms with E-state index in [1.807, 2.05) is 25.1 Å². The van der Waals surface area contributed by atoms with Crippen LogP contribution in [-0.4, -0.2) is 78.8 Å². The van der Waals surface area contributed by atoms with Gasteiger partial charge in [0.05, 0.1) is 9.06 Å². The van der Waals surface area contributed by atoms with E-state index in [1.165, 1.54) is 9.47 Å². The molecule has 1 unspecified atom stereocenters. The summed E-state index contributed by atoms with van der Waals surface area (Å²) in [7, 11) is 1.60. The van der Waals surface area contributed by atoms with Gasteiger partial charge in [0.15, 0.2) is 6.73 Å². The number of ketones is 1. The second-order valence-electron chi connectivity index (χ2n) is 14.4. The lowest BCUT2D eigenvalue weighted by Gasteiger charge is -2.27. The summed E-state index contributed by atoms with van der Waals surface area (Å²) in [4.78, 5) is 81.3. The third kappa shape index (κ3) is 8.85. The van der Waals surface area contributed by atoms with Gasteiger partial charge in [-0.1, -0.05) is 74.5 Å². The molecule has 5 heterocycles. The minimum absolute atomic E-state index is 0.0919. The number of aryl methyl sites for hydroxylation is 2.